The smallest absolute Gasteiger partial charge is 0.253 e. The van der Waals surface area contributed by atoms with Crippen molar-refractivity contribution in [3.8, 4) is 0 Å². The highest BCUT2D eigenvalue weighted by Gasteiger charge is 2.28. The molecule has 0 saturated carbocycles. The Hall–Kier alpha value is -2.30. The van der Waals surface area contributed by atoms with Gasteiger partial charge in [0.25, 0.3) is 5.91 Å². The largest absolute Gasteiger partial charge is 0.372 e. The lowest BCUT2D eigenvalue weighted by Crippen LogP contribution is -2.39. The summed E-state index contributed by atoms with van der Waals surface area (Å²) < 4.78 is 2.28. The molecule has 2 aromatic rings. The van der Waals surface area contributed by atoms with Crippen LogP contribution in [-0.4, -0.2) is 46.5 Å². The SMILES string of the molecule is CCCCn1ccnc1[C@@H]1CCCN(C(=O)c2ccc(N3CCCC3)cc2)C1. The third-order valence-electron chi connectivity index (χ3n) is 6.16. The van der Waals surface area contributed by atoms with Gasteiger partial charge in [-0.25, -0.2) is 4.98 Å². The van der Waals surface area contributed by atoms with Crippen molar-refractivity contribution < 1.29 is 4.79 Å². The quantitative estimate of drug-likeness (QED) is 0.750. The van der Waals surface area contributed by atoms with Gasteiger partial charge in [0.05, 0.1) is 0 Å². The van der Waals surface area contributed by atoms with E-state index in [4.69, 9.17) is 0 Å². The number of carbonyl (C=O) groups is 1. The van der Waals surface area contributed by atoms with Crippen molar-refractivity contribution in [2.45, 2.75) is 57.9 Å². The summed E-state index contributed by atoms with van der Waals surface area (Å²) in [6.07, 6.45) is 11.0. The lowest BCUT2D eigenvalue weighted by atomic mass is 9.96. The maximum atomic E-state index is 13.1. The molecule has 3 heterocycles. The number of unbranched alkanes of at least 4 members (excludes halogenated alkanes) is 1. The van der Waals surface area contributed by atoms with E-state index in [1.807, 2.05) is 23.2 Å². The monoisotopic (exact) mass is 380 g/mol. The van der Waals surface area contributed by atoms with Crippen LogP contribution in [0.25, 0.3) is 0 Å². The number of hydrogen-bond acceptors (Lipinski definition) is 3. The number of aromatic nitrogens is 2. The van der Waals surface area contributed by atoms with E-state index in [0.29, 0.717) is 5.92 Å². The summed E-state index contributed by atoms with van der Waals surface area (Å²) in [4.78, 5) is 22.2. The van der Waals surface area contributed by atoms with Crippen LogP contribution in [0.4, 0.5) is 5.69 Å². The van der Waals surface area contributed by atoms with Gasteiger partial charge in [-0.05, 0) is 56.4 Å². The summed E-state index contributed by atoms with van der Waals surface area (Å²) in [5.74, 6) is 1.65. The number of piperidine rings is 1. The lowest BCUT2D eigenvalue weighted by molar-refractivity contribution is 0.0703. The first kappa shape index (κ1) is 19.0. The molecule has 0 radical (unpaired) electrons. The molecule has 1 aromatic carbocycles. The van der Waals surface area contributed by atoms with Crippen molar-refractivity contribution in [2.24, 2.45) is 0 Å². The summed E-state index contributed by atoms with van der Waals surface area (Å²) in [7, 11) is 0. The van der Waals surface area contributed by atoms with Crippen LogP contribution in [0, 0.1) is 0 Å². The van der Waals surface area contributed by atoms with Gasteiger partial charge in [-0.3, -0.25) is 4.79 Å². The van der Waals surface area contributed by atoms with Crippen molar-refractivity contribution in [1.29, 1.82) is 0 Å². The number of imidazole rings is 1. The molecule has 0 spiro atoms. The van der Waals surface area contributed by atoms with Crippen LogP contribution in [-0.2, 0) is 6.54 Å². The van der Waals surface area contributed by atoms with Crippen LogP contribution in [0.2, 0.25) is 0 Å². The van der Waals surface area contributed by atoms with Gasteiger partial charge in [0, 0.05) is 62.3 Å². The van der Waals surface area contributed by atoms with Crippen LogP contribution in [0.15, 0.2) is 36.7 Å². The number of carbonyl (C=O) groups excluding carboxylic acids is 1. The lowest BCUT2D eigenvalue weighted by Gasteiger charge is -2.33. The molecule has 2 fully saturated rings. The minimum Gasteiger partial charge on any atom is -0.372 e. The molecule has 0 aliphatic carbocycles. The summed E-state index contributed by atoms with van der Waals surface area (Å²) in [5, 5.41) is 0. The van der Waals surface area contributed by atoms with E-state index in [2.05, 4.69) is 39.7 Å². The molecule has 0 bridgehead atoms. The molecule has 2 aliphatic rings. The Kier molecular flexibility index (Phi) is 5.98. The highest BCUT2D eigenvalue weighted by atomic mass is 16.2. The molecule has 2 saturated heterocycles. The zero-order valence-corrected chi connectivity index (χ0v) is 17.0. The second-order valence-electron chi connectivity index (χ2n) is 8.16. The van der Waals surface area contributed by atoms with Crippen molar-refractivity contribution >= 4 is 11.6 Å². The standard InChI is InChI=1S/C23H32N4O/c1-2-3-13-26-17-12-24-22(26)20-7-6-16-27(18-20)23(28)19-8-10-21(11-9-19)25-14-4-5-15-25/h8-12,17,20H,2-7,13-16,18H2,1H3/t20-/m1/s1. The first-order valence-electron chi connectivity index (χ1n) is 10.9. The molecule has 5 heteroatoms. The zero-order valence-electron chi connectivity index (χ0n) is 17.0. The molecular formula is C23H32N4O. The molecule has 4 rings (SSSR count). The number of hydrogen-bond donors (Lipinski definition) is 0. The van der Waals surface area contributed by atoms with Crippen molar-refractivity contribution in [3.05, 3.63) is 48.0 Å². The second kappa shape index (κ2) is 8.80. The van der Waals surface area contributed by atoms with Gasteiger partial charge in [-0.1, -0.05) is 13.3 Å². The third kappa shape index (κ3) is 4.08. The molecule has 1 aromatic heterocycles. The number of benzene rings is 1. The van der Waals surface area contributed by atoms with E-state index in [9.17, 15) is 4.79 Å². The van der Waals surface area contributed by atoms with E-state index in [-0.39, 0.29) is 5.91 Å². The second-order valence-corrected chi connectivity index (χ2v) is 8.16. The van der Waals surface area contributed by atoms with E-state index in [1.54, 1.807) is 0 Å². The van der Waals surface area contributed by atoms with Gasteiger partial charge < -0.3 is 14.4 Å². The van der Waals surface area contributed by atoms with E-state index >= 15 is 0 Å². The average molecular weight is 381 g/mol. The first-order chi connectivity index (χ1) is 13.8. The van der Waals surface area contributed by atoms with Crippen LogP contribution >= 0.6 is 0 Å². The molecule has 0 N–H and O–H groups in total. The van der Waals surface area contributed by atoms with Crippen LogP contribution in [0.5, 0.6) is 0 Å². The minimum atomic E-state index is 0.157. The molecular weight excluding hydrogens is 348 g/mol. The predicted octanol–water partition coefficient (Wildman–Crippen LogP) is 4.30. The van der Waals surface area contributed by atoms with Gasteiger partial charge in [-0.15, -0.1) is 0 Å². The molecule has 1 amide bonds. The van der Waals surface area contributed by atoms with E-state index in [0.717, 1.165) is 57.0 Å². The molecule has 5 nitrogen and oxygen atoms in total. The molecule has 2 aliphatic heterocycles. The van der Waals surface area contributed by atoms with Gasteiger partial charge in [0.15, 0.2) is 0 Å². The Morgan fingerprint density at radius 1 is 1.11 bits per heavy atom. The molecule has 0 unspecified atom stereocenters. The summed E-state index contributed by atoms with van der Waals surface area (Å²) in [6, 6.07) is 8.22. The van der Waals surface area contributed by atoms with Crippen molar-refractivity contribution in [2.75, 3.05) is 31.1 Å². The molecule has 150 valence electrons. The maximum absolute atomic E-state index is 13.1. The highest BCUT2D eigenvalue weighted by Crippen LogP contribution is 2.28. The fourth-order valence-electron chi connectivity index (χ4n) is 4.54. The fraction of sp³-hybridized carbons (Fsp3) is 0.565. The molecule has 28 heavy (non-hydrogen) atoms. The van der Waals surface area contributed by atoms with Crippen LogP contribution < -0.4 is 4.90 Å². The van der Waals surface area contributed by atoms with Crippen molar-refractivity contribution in [3.63, 3.8) is 0 Å². The summed E-state index contributed by atoms with van der Waals surface area (Å²) in [6.45, 7) is 7.12. The Bertz CT molecular complexity index is 776. The highest BCUT2D eigenvalue weighted by molar-refractivity contribution is 5.94. The number of rotatable bonds is 6. The summed E-state index contributed by atoms with van der Waals surface area (Å²) >= 11 is 0. The Labute approximate surface area is 168 Å². The fourth-order valence-corrected chi connectivity index (χ4v) is 4.54. The average Bonchev–Trinajstić information content (AvgIpc) is 3.44. The van der Waals surface area contributed by atoms with E-state index < -0.39 is 0 Å². The minimum absolute atomic E-state index is 0.157. The van der Waals surface area contributed by atoms with Crippen molar-refractivity contribution in [1.82, 2.24) is 14.5 Å². The number of anilines is 1. The van der Waals surface area contributed by atoms with Crippen LogP contribution in [0.3, 0.4) is 0 Å². The van der Waals surface area contributed by atoms with Crippen LogP contribution in [0.1, 0.15) is 67.5 Å². The zero-order chi connectivity index (χ0) is 19.3. The topological polar surface area (TPSA) is 41.4 Å². The third-order valence-corrected chi connectivity index (χ3v) is 6.16. The first-order valence-corrected chi connectivity index (χ1v) is 10.9. The number of likely N-dealkylation sites (tertiary alicyclic amines) is 1. The number of amides is 1. The summed E-state index contributed by atoms with van der Waals surface area (Å²) in [5.41, 5.74) is 2.04. The predicted molar refractivity (Wildman–Crippen MR) is 113 cm³/mol. The van der Waals surface area contributed by atoms with Gasteiger partial charge in [-0.2, -0.15) is 0 Å². The Balaban J connectivity index is 1.42. The number of aryl methyl sites for hydroxylation is 1. The van der Waals surface area contributed by atoms with Gasteiger partial charge in [0.2, 0.25) is 0 Å². The number of nitrogens with zero attached hydrogens (tertiary/aromatic N) is 4. The normalized spacial score (nSPS) is 20.0. The Morgan fingerprint density at radius 3 is 2.64 bits per heavy atom. The molecule has 1 atom stereocenters. The van der Waals surface area contributed by atoms with E-state index in [1.165, 1.54) is 31.4 Å². The maximum Gasteiger partial charge on any atom is 0.253 e. The van der Waals surface area contributed by atoms with Gasteiger partial charge >= 0.3 is 0 Å². The Morgan fingerprint density at radius 2 is 1.89 bits per heavy atom. The van der Waals surface area contributed by atoms with Gasteiger partial charge in [0.1, 0.15) is 5.82 Å².